The Hall–Kier alpha value is -1.88. The van der Waals surface area contributed by atoms with Gasteiger partial charge in [-0.05, 0) is 24.2 Å². The molecule has 0 aromatic heterocycles. The summed E-state index contributed by atoms with van der Waals surface area (Å²) in [6.45, 7) is 6.09. The molecule has 1 amide bonds. The van der Waals surface area contributed by atoms with Crippen LogP contribution in [-0.2, 0) is 16.1 Å². The molecular formula is C15H22N2O3. The maximum atomic E-state index is 11.4. The number of nitrogens with two attached hydrogens (primary N) is 1. The zero-order valence-corrected chi connectivity index (χ0v) is 12.3. The molecule has 1 aromatic rings. The summed E-state index contributed by atoms with van der Waals surface area (Å²) >= 11 is 0. The van der Waals surface area contributed by atoms with Gasteiger partial charge in [-0.3, -0.25) is 14.5 Å². The minimum atomic E-state index is -0.428. The van der Waals surface area contributed by atoms with Crippen molar-refractivity contribution in [2.24, 2.45) is 11.7 Å². The van der Waals surface area contributed by atoms with Gasteiger partial charge < -0.3 is 10.5 Å². The smallest absolute Gasteiger partial charge is 0.309 e. The van der Waals surface area contributed by atoms with E-state index in [0.717, 1.165) is 18.7 Å². The first-order chi connectivity index (χ1) is 9.47. The highest BCUT2D eigenvalue weighted by molar-refractivity contribution is 5.92. The van der Waals surface area contributed by atoms with Crippen molar-refractivity contribution >= 4 is 11.9 Å². The van der Waals surface area contributed by atoms with Gasteiger partial charge in [-0.25, -0.2) is 0 Å². The van der Waals surface area contributed by atoms with Gasteiger partial charge in [-0.15, -0.1) is 0 Å². The highest BCUT2D eigenvalue weighted by atomic mass is 16.5. The maximum absolute atomic E-state index is 11.4. The van der Waals surface area contributed by atoms with E-state index in [9.17, 15) is 9.59 Å². The lowest BCUT2D eigenvalue weighted by Gasteiger charge is -2.23. The van der Waals surface area contributed by atoms with E-state index in [1.54, 1.807) is 12.1 Å². The average molecular weight is 278 g/mol. The summed E-state index contributed by atoms with van der Waals surface area (Å²) in [6.07, 6.45) is 0. The number of hydrogen-bond acceptors (Lipinski definition) is 4. The van der Waals surface area contributed by atoms with E-state index in [-0.39, 0.29) is 11.9 Å². The zero-order chi connectivity index (χ0) is 15.1. The van der Waals surface area contributed by atoms with E-state index in [2.05, 4.69) is 4.90 Å². The fourth-order valence-electron chi connectivity index (χ4n) is 2.00. The molecule has 0 heterocycles. The van der Waals surface area contributed by atoms with E-state index >= 15 is 0 Å². The van der Waals surface area contributed by atoms with E-state index in [4.69, 9.17) is 10.5 Å². The van der Waals surface area contributed by atoms with Gasteiger partial charge in [0.2, 0.25) is 5.91 Å². The summed E-state index contributed by atoms with van der Waals surface area (Å²) in [6, 6.07) is 7.20. The monoisotopic (exact) mass is 278 g/mol. The molecule has 0 unspecified atom stereocenters. The van der Waals surface area contributed by atoms with Gasteiger partial charge >= 0.3 is 5.97 Å². The molecule has 110 valence electrons. The zero-order valence-electron chi connectivity index (χ0n) is 12.3. The normalized spacial score (nSPS) is 12.2. The first-order valence-corrected chi connectivity index (χ1v) is 6.66. The van der Waals surface area contributed by atoms with E-state index in [1.165, 1.54) is 7.11 Å². The summed E-state index contributed by atoms with van der Waals surface area (Å²) in [7, 11) is 1.40. The summed E-state index contributed by atoms with van der Waals surface area (Å²) < 4.78 is 4.73. The maximum Gasteiger partial charge on any atom is 0.309 e. The molecule has 0 fully saturated rings. The van der Waals surface area contributed by atoms with Crippen molar-refractivity contribution in [3.8, 4) is 0 Å². The molecule has 1 aromatic carbocycles. The van der Waals surface area contributed by atoms with Crippen LogP contribution in [0.25, 0.3) is 0 Å². The average Bonchev–Trinajstić information content (AvgIpc) is 2.45. The largest absolute Gasteiger partial charge is 0.469 e. The topological polar surface area (TPSA) is 72.6 Å². The number of rotatable bonds is 7. The third-order valence-corrected chi connectivity index (χ3v) is 3.23. The van der Waals surface area contributed by atoms with Crippen molar-refractivity contribution in [3.63, 3.8) is 0 Å². The quantitative estimate of drug-likeness (QED) is 0.766. The van der Waals surface area contributed by atoms with Gasteiger partial charge in [-0.2, -0.15) is 0 Å². The van der Waals surface area contributed by atoms with Gasteiger partial charge in [0.1, 0.15) is 0 Å². The molecule has 0 aliphatic heterocycles. The SMILES string of the molecule is CCN(Cc1ccc(C(N)=O)cc1)C[C@H](C)C(=O)OC. The number of ether oxygens (including phenoxy) is 1. The molecule has 1 rings (SSSR count). The molecule has 2 N–H and O–H groups in total. The minimum Gasteiger partial charge on any atom is -0.469 e. The number of methoxy groups -OCH3 is 1. The number of nitrogens with zero attached hydrogens (tertiary/aromatic N) is 1. The van der Waals surface area contributed by atoms with Crippen molar-refractivity contribution in [2.45, 2.75) is 20.4 Å². The second-order valence-corrected chi connectivity index (χ2v) is 4.81. The Morgan fingerprint density at radius 2 is 1.90 bits per heavy atom. The first kappa shape index (κ1) is 16.2. The third kappa shape index (κ3) is 4.66. The second-order valence-electron chi connectivity index (χ2n) is 4.81. The molecule has 5 heteroatoms. The Kier molecular flexibility index (Phi) is 6.18. The van der Waals surface area contributed by atoms with Crippen LogP contribution >= 0.6 is 0 Å². The predicted molar refractivity (Wildman–Crippen MR) is 77.1 cm³/mol. The number of benzene rings is 1. The second kappa shape index (κ2) is 7.65. The van der Waals surface area contributed by atoms with Crippen LogP contribution in [0.2, 0.25) is 0 Å². The van der Waals surface area contributed by atoms with Crippen LogP contribution in [0.15, 0.2) is 24.3 Å². The van der Waals surface area contributed by atoms with Crippen molar-refractivity contribution in [1.82, 2.24) is 4.90 Å². The molecule has 0 saturated carbocycles. The van der Waals surface area contributed by atoms with Crippen LogP contribution in [0, 0.1) is 5.92 Å². The number of esters is 1. The van der Waals surface area contributed by atoms with Gasteiger partial charge in [0, 0.05) is 18.7 Å². The first-order valence-electron chi connectivity index (χ1n) is 6.66. The Labute approximate surface area is 119 Å². The molecule has 0 spiro atoms. The Morgan fingerprint density at radius 3 is 2.35 bits per heavy atom. The standard InChI is InChI=1S/C15H22N2O3/c1-4-17(9-11(2)15(19)20-3)10-12-5-7-13(8-6-12)14(16)18/h5-8,11H,4,9-10H2,1-3H3,(H2,16,18)/t11-/m0/s1. The van der Waals surface area contributed by atoms with Gasteiger partial charge in [-0.1, -0.05) is 26.0 Å². The fourth-order valence-corrected chi connectivity index (χ4v) is 2.00. The Balaban J connectivity index is 2.64. The molecule has 0 bridgehead atoms. The fraction of sp³-hybridized carbons (Fsp3) is 0.467. The van der Waals surface area contributed by atoms with Crippen molar-refractivity contribution in [3.05, 3.63) is 35.4 Å². The third-order valence-electron chi connectivity index (χ3n) is 3.23. The lowest BCUT2D eigenvalue weighted by molar-refractivity contribution is -0.145. The molecule has 20 heavy (non-hydrogen) atoms. The molecule has 0 radical (unpaired) electrons. The highest BCUT2D eigenvalue weighted by Gasteiger charge is 2.16. The van der Waals surface area contributed by atoms with Crippen LogP contribution in [0.5, 0.6) is 0 Å². The molecule has 0 aliphatic rings. The summed E-state index contributed by atoms with van der Waals surface area (Å²) in [5.74, 6) is -0.791. The predicted octanol–water partition coefficient (Wildman–Crippen LogP) is 1.42. The van der Waals surface area contributed by atoms with Crippen LogP contribution < -0.4 is 5.73 Å². The molecule has 5 nitrogen and oxygen atoms in total. The van der Waals surface area contributed by atoms with Crippen molar-refractivity contribution in [2.75, 3.05) is 20.2 Å². The summed E-state index contributed by atoms with van der Waals surface area (Å²) in [5.41, 5.74) is 6.78. The molecular weight excluding hydrogens is 256 g/mol. The van der Waals surface area contributed by atoms with Crippen LogP contribution in [-0.4, -0.2) is 37.0 Å². The molecule has 0 aliphatic carbocycles. The number of hydrogen-bond donors (Lipinski definition) is 1. The number of primary amides is 1. The Bertz CT molecular complexity index is 457. The highest BCUT2D eigenvalue weighted by Crippen LogP contribution is 2.10. The van der Waals surface area contributed by atoms with Gasteiger partial charge in [0.25, 0.3) is 0 Å². The minimum absolute atomic E-state index is 0.162. The molecule has 1 atom stereocenters. The summed E-state index contributed by atoms with van der Waals surface area (Å²) in [4.78, 5) is 24.6. The summed E-state index contributed by atoms with van der Waals surface area (Å²) in [5, 5.41) is 0. The number of carbonyl (C=O) groups excluding carboxylic acids is 2. The van der Waals surface area contributed by atoms with Crippen LogP contribution in [0.4, 0.5) is 0 Å². The number of amides is 1. The Morgan fingerprint density at radius 1 is 1.30 bits per heavy atom. The van der Waals surface area contributed by atoms with E-state index in [1.807, 2.05) is 26.0 Å². The molecule has 0 saturated heterocycles. The lowest BCUT2D eigenvalue weighted by atomic mass is 10.1. The van der Waals surface area contributed by atoms with Gasteiger partial charge in [0.15, 0.2) is 0 Å². The van der Waals surface area contributed by atoms with Crippen molar-refractivity contribution in [1.29, 1.82) is 0 Å². The van der Waals surface area contributed by atoms with Gasteiger partial charge in [0.05, 0.1) is 13.0 Å². The van der Waals surface area contributed by atoms with E-state index < -0.39 is 5.91 Å². The van der Waals surface area contributed by atoms with Crippen molar-refractivity contribution < 1.29 is 14.3 Å². The lowest BCUT2D eigenvalue weighted by Crippen LogP contribution is -2.32. The van der Waals surface area contributed by atoms with Crippen LogP contribution in [0.3, 0.4) is 0 Å². The van der Waals surface area contributed by atoms with Crippen LogP contribution in [0.1, 0.15) is 29.8 Å². The number of carbonyl (C=O) groups is 2. The van der Waals surface area contributed by atoms with E-state index in [0.29, 0.717) is 12.1 Å².